The number of nitrogens with two attached hydrogens (primary N) is 1. The van der Waals surface area contributed by atoms with Crippen LogP contribution in [-0.2, 0) is 11.3 Å². The minimum atomic E-state index is -1.05. The Morgan fingerprint density at radius 3 is 2.72 bits per heavy atom. The summed E-state index contributed by atoms with van der Waals surface area (Å²) < 4.78 is 0. The highest BCUT2D eigenvalue weighted by Gasteiger charge is 2.42. The zero-order chi connectivity index (χ0) is 13.2. The first-order valence-electron chi connectivity index (χ1n) is 5.73. The lowest BCUT2D eigenvalue weighted by molar-refractivity contribution is -0.135. The maximum absolute atomic E-state index is 12.0. The molecule has 1 aromatic rings. The summed E-state index contributed by atoms with van der Waals surface area (Å²) in [5.41, 5.74) is 5.24. The number of aromatic carboxylic acids is 1. The second-order valence-corrected chi connectivity index (χ2v) is 5.39. The maximum atomic E-state index is 12.0. The second kappa shape index (κ2) is 5.03. The fraction of sp³-hybridized carbons (Fsp3) is 0.545. The summed E-state index contributed by atoms with van der Waals surface area (Å²) >= 11 is 1.23. The van der Waals surface area contributed by atoms with Gasteiger partial charge < -0.3 is 16.2 Å². The Labute approximate surface area is 108 Å². The topological polar surface area (TPSA) is 105 Å². The van der Waals surface area contributed by atoms with Crippen molar-refractivity contribution in [3.63, 3.8) is 0 Å². The van der Waals surface area contributed by atoms with Crippen molar-refractivity contribution in [2.75, 3.05) is 6.54 Å². The monoisotopic (exact) mass is 269 g/mol. The van der Waals surface area contributed by atoms with E-state index >= 15 is 0 Å². The first-order chi connectivity index (χ1) is 8.57. The molecule has 1 saturated carbocycles. The minimum Gasteiger partial charge on any atom is -0.476 e. The molecule has 18 heavy (non-hydrogen) atoms. The number of carbonyl (C=O) groups excluding carboxylic acids is 1. The summed E-state index contributed by atoms with van der Waals surface area (Å²) in [7, 11) is 0. The van der Waals surface area contributed by atoms with Crippen LogP contribution in [0.1, 0.15) is 34.8 Å². The Morgan fingerprint density at radius 1 is 1.56 bits per heavy atom. The zero-order valence-electron chi connectivity index (χ0n) is 9.81. The van der Waals surface area contributed by atoms with Crippen molar-refractivity contribution < 1.29 is 14.7 Å². The molecule has 2 rings (SSSR count). The number of hydrogen-bond donors (Lipinski definition) is 3. The molecule has 0 aliphatic heterocycles. The van der Waals surface area contributed by atoms with Crippen molar-refractivity contribution in [1.82, 2.24) is 10.3 Å². The number of amides is 1. The fourth-order valence-electron chi connectivity index (χ4n) is 1.96. The molecule has 0 radical (unpaired) electrons. The predicted molar refractivity (Wildman–Crippen MR) is 66.3 cm³/mol. The molecule has 1 amide bonds. The van der Waals surface area contributed by atoms with Crippen LogP contribution < -0.4 is 11.1 Å². The number of rotatable bonds is 5. The van der Waals surface area contributed by atoms with E-state index in [9.17, 15) is 9.59 Å². The Balaban J connectivity index is 1.91. The molecule has 98 valence electrons. The zero-order valence-corrected chi connectivity index (χ0v) is 10.6. The molecule has 0 bridgehead atoms. The summed E-state index contributed by atoms with van der Waals surface area (Å²) in [5.74, 6) is -1.11. The standard InChI is InChI=1S/C11H15N3O3S/c12-6-11(2-1-3-11)10(17)13-4-8-14-7(5-18-8)9(15)16/h5H,1-4,6,12H2,(H,13,17)(H,15,16). The molecule has 0 aromatic carbocycles. The van der Waals surface area contributed by atoms with Gasteiger partial charge in [0, 0.05) is 11.9 Å². The molecule has 1 aliphatic rings. The van der Waals surface area contributed by atoms with Gasteiger partial charge in [0.25, 0.3) is 0 Å². The van der Waals surface area contributed by atoms with Gasteiger partial charge in [-0.2, -0.15) is 0 Å². The van der Waals surface area contributed by atoms with Crippen molar-refractivity contribution in [2.45, 2.75) is 25.8 Å². The van der Waals surface area contributed by atoms with Crippen LogP contribution in [0.5, 0.6) is 0 Å². The van der Waals surface area contributed by atoms with Gasteiger partial charge in [-0.1, -0.05) is 6.42 Å². The molecule has 6 nitrogen and oxygen atoms in total. The van der Waals surface area contributed by atoms with Crippen molar-refractivity contribution in [3.05, 3.63) is 16.1 Å². The highest BCUT2D eigenvalue weighted by atomic mass is 32.1. The molecule has 1 heterocycles. The van der Waals surface area contributed by atoms with E-state index in [1.165, 1.54) is 16.7 Å². The first-order valence-corrected chi connectivity index (χ1v) is 6.61. The molecular formula is C11H15N3O3S. The quantitative estimate of drug-likeness (QED) is 0.725. The SMILES string of the molecule is NCC1(C(=O)NCc2nc(C(=O)O)cs2)CCC1. The lowest BCUT2D eigenvalue weighted by atomic mass is 9.68. The molecule has 1 aliphatic carbocycles. The molecule has 0 unspecified atom stereocenters. The van der Waals surface area contributed by atoms with Crippen LogP contribution in [0.2, 0.25) is 0 Å². The predicted octanol–water partition coefficient (Wildman–Crippen LogP) is 0.586. The van der Waals surface area contributed by atoms with E-state index in [0.717, 1.165) is 19.3 Å². The number of carbonyl (C=O) groups is 2. The van der Waals surface area contributed by atoms with Gasteiger partial charge in [0.15, 0.2) is 5.69 Å². The van der Waals surface area contributed by atoms with Gasteiger partial charge in [0.1, 0.15) is 5.01 Å². The van der Waals surface area contributed by atoms with Crippen molar-refractivity contribution >= 4 is 23.2 Å². The number of nitrogens with zero attached hydrogens (tertiary/aromatic N) is 1. The molecule has 0 atom stereocenters. The van der Waals surface area contributed by atoms with E-state index in [4.69, 9.17) is 10.8 Å². The van der Waals surface area contributed by atoms with Crippen LogP contribution in [0.3, 0.4) is 0 Å². The number of carboxylic acids is 1. The van der Waals surface area contributed by atoms with E-state index in [-0.39, 0.29) is 18.1 Å². The first kappa shape index (κ1) is 13.0. The van der Waals surface area contributed by atoms with Gasteiger partial charge in [-0.05, 0) is 12.8 Å². The van der Waals surface area contributed by atoms with Gasteiger partial charge >= 0.3 is 5.97 Å². The summed E-state index contributed by atoms with van der Waals surface area (Å²) in [6, 6.07) is 0. The highest BCUT2D eigenvalue weighted by Crippen LogP contribution is 2.40. The second-order valence-electron chi connectivity index (χ2n) is 4.45. The number of nitrogens with one attached hydrogen (secondary N) is 1. The Hall–Kier alpha value is -1.47. The van der Waals surface area contributed by atoms with Crippen LogP contribution in [0.15, 0.2) is 5.38 Å². The van der Waals surface area contributed by atoms with E-state index in [0.29, 0.717) is 11.6 Å². The molecule has 7 heteroatoms. The van der Waals surface area contributed by atoms with E-state index < -0.39 is 11.4 Å². The van der Waals surface area contributed by atoms with Gasteiger partial charge in [-0.15, -0.1) is 11.3 Å². The number of aromatic nitrogens is 1. The largest absolute Gasteiger partial charge is 0.476 e. The van der Waals surface area contributed by atoms with Crippen molar-refractivity contribution in [2.24, 2.45) is 11.1 Å². The smallest absolute Gasteiger partial charge is 0.355 e. The van der Waals surface area contributed by atoms with Gasteiger partial charge in [0.2, 0.25) is 5.91 Å². The Morgan fingerprint density at radius 2 is 2.28 bits per heavy atom. The van der Waals surface area contributed by atoms with Crippen LogP contribution in [0, 0.1) is 5.41 Å². The Kier molecular flexibility index (Phi) is 3.63. The molecule has 1 fully saturated rings. The highest BCUT2D eigenvalue weighted by molar-refractivity contribution is 7.09. The van der Waals surface area contributed by atoms with E-state index in [2.05, 4.69) is 10.3 Å². The third kappa shape index (κ3) is 2.37. The molecule has 0 spiro atoms. The lowest BCUT2D eigenvalue weighted by Gasteiger charge is -2.38. The van der Waals surface area contributed by atoms with Crippen molar-refractivity contribution in [1.29, 1.82) is 0 Å². The van der Waals surface area contributed by atoms with E-state index in [1.807, 2.05) is 0 Å². The summed E-state index contributed by atoms with van der Waals surface area (Å²) in [6.45, 7) is 0.621. The lowest BCUT2D eigenvalue weighted by Crippen LogP contribution is -2.50. The maximum Gasteiger partial charge on any atom is 0.355 e. The fourth-order valence-corrected chi connectivity index (χ4v) is 2.67. The molecule has 1 aromatic heterocycles. The third-order valence-electron chi connectivity index (χ3n) is 3.35. The van der Waals surface area contributed by atoms with Gasteiger partial charge in [-0.25, -0.2) is 9.78 Å². The van der Waals surface area contributed by atoms with Crippen molar-refractivity contribution in [3.8, 4) is 0 Å². The summed E-state index contributed by atoms with van der Waals surface area (Å²) in [6.07, 6.45) is 2.69. The third-order valence-corrected chi connectivity index (χ3v) is 4.20. The van der Waals surface area contributed by atoms with E-state index in [1.54, 1.807) is 0 Å². The minimum absolute atomic E-state index is 0.0152. The van der Waals surface area contributed by atoms with Gasteiger partial charge in [0.05, 0.1) is 12.0 Å². The molecule has 0 saturated heterocycles. The van der Waals surface area contributed by atoms with Gasteiger partial charge in [-0.3, -0.25) is 4.79 Å². The molecule has 4 N–H and O–H groups in total. The van der Waals surface area contributed by atoms with Crippen LogP contribution in [-0.4, -0.2) is 28.5 Å². The van der Waals surface area contributed by atoms with Crippen LogP contribution >= 0.6 is 11.3 Å². The number of carboxylic acid groups (broad SMARTS) is 1. The average molecular weight is 269 g/mol. The number of thiazole rings is 1. The van der Waals surface area contributed by atoms with Crippen LogP contribution in [0.25, 0.3) is 0 Å². The normalized spacial score (nSPS) is 16.9. The number of hydrogen-bond acceptors (Lipinski definition) is 5. The molecular weight excluding hydrogens is 254 g/mol. The summed E-state index contributed by atoms with van der Waals surface area (Å²) in [4.78, 5) is 26.5. The van der Waals surface area contributed by atoms with Crippen LogP contribution in [0.4, 0.5) is 0 Å². The average Bonchev–Trinajstić information content (AvgIpc) is 2.74. The summed E-state index contributed by atoms with van der Waals surface area (Å²) in [5, 5.41) is 13.6. The Bertz CT molecular complexity index is 462.